The average Bonchev–Trinajstić information content (AvgIpc) is 3.80. The summed E-state index contributed by atoms with van der Waals surface area (Å²) < 4.78 is 0. The minimum Gasteiger partial charge on any atom is -0.341 e. The maximum Gasteiger partial charge on any atom is 0.0540 e. The first-order valence-corrected chi connectivity index (χ1v) is 21.4. The molecule has 2 aliphatic carbocycles. The third kappa shape index (κ3) is 5.12. The summed E-state index contributed by atoms with van der Waals surface area (Å²) >= 11 is 0. The summed E-state index contributed by atoms with van der Waals surface area (Å²) in [6.07, 6.45) is 9.06. The van der Waals surface area contributed by atoms with Gasteiger partial charge in [0.05, 0.1) is 17.1 Å². The maximum atomic E-state index is 2.56. The fourth-order valence-corrected chi connectivity index (χ4v) is 11.3. The largest absolute Gasteiger partial charge is 0.341 e. The molecule has 59 heavy (non-hydrogen) atoms. The number of anilines is 5. The van der Waals surface area contributed by atoms with Gasteiger partial charge in [0.25, 0.3) is 0 Å². The first kappa shape index (κ1) is 34.4. The van der Waals surface area contributed by atoms with Crippen molar-refractivity contribution in [2.45, 2.75) is 50.4 Å². The Morgan fingerprint density at radius 1 is 0.475 bits per heavy atom. The second-order valence-corrected chi connectivity index (χ2v) is 17.7. The van der Waals surface area contributed by atoms with Crippen LogP contribution in [-0.4, -0.2) is 6.54 Å². The molecule has 0 saturated carbocycles. The molecule has 284 valence electrons. The Morgan fingerprint density at radius 3 is 1.80 bits per heavy atom. The molecule has 0 bridgehead atoms. The molecule has 0 fully saturated rings. The molecule has 0 unspecified atom stereocenters. The zero-order chi connectivity index (χ0) is 39.3. The summed E-state index contributed by atoms with van der Waals surface area (Å²) in [6, 6.07) is 64.1. The highest BCUT2D eigenvalue weighted by Crippen LogP contribution is 2.57. The van der Waals surface area contributed by atoms with Gasteiger partial charge in [-0.05, 0) is 129 Å². The molecule has 2 aliphatic heterocycles. The van der Waals surface area contributed by atoms with E-state index in [0.717, 1.165) is 25.8 Å². The Bertz CT molecular complexity index is 2960. The fraction of sp³-hybridized carbons (Fsp3) is 0.158. The Labute approximate surface area is 347 Å². The SMILES string of the molecule is CC1(C)c2ccccc2N(c2ccc(/C=C/c3ccc4c(c3)C3(Cc5ccccc5C3)c3cc(N5CCCc6ccccc65)ccc3-4)c3ccccc23)c2ccccc21. The second-order valence-electron chi connectivity index (χ2n) is 17.7. The topological polar surface area (TPSA) is 6.48 Å². The van der Waals surface area contributed by atoms with Crippen molar-refractivity contribution in [3.63, 3.8) is 0 Å². The molecule has 2 heterocycles. The lowest BCUT2D eigenvalue weighted by molar-refractivity contribution is 0.563. The van der Waals surface area contributed by atoms with E-state index in [2.05, 4.69) is 206 Å². The van der Waals surface area contributed by atoms with Crippen LogP contribution in [0.2, 0.25) is 0 Å². The van der Waals surface area contributed by atoms with E-state index in [4.69, 9.17) is 0 Å². The van der Waals surface area contributed by atoms with Crippen molar-refractivity contribution in [1.29, 1.82) is 0 Å². The van der Waals surface area contributed by atoms with Crippen LogP contribution in [0.5, 0.6) is 0 Å². The van der Waals surface area contributed by atoms with Crippen molar-refractivity contribution in [2.24, 2.45) is 0 Å². The van der Waals surface area contributed by atoms with Crippen LogP contribution in [0, 0.1) is 0 Å². The highest BCUT2D eigenvalue weighted by molar-refractivity contribution is 6.05. The van der Waals surface area contributed by atoms with Gasteiger partial charge in [0, 0.05) is 34.1 Å². The quantitative estimate of drug-likeness (QED) is 0.165. The van der Waals surface area contributed by atoms with Crippen molar-refractivity contribution in [3.8, 4) is 11.1 Å². The van der Waals surface area contributed by atoms with E-state index < -0.39 is 0 Å². The molecule has 2 heteroatoms. The Balaban J connectivity index is 0.944. The molecule has 1 spiro atoms. The van der Waals surface area contributed by atoms with Gasteiger partial charge in [-0.25, -0.2) is 0 Å². The predicted molar refractivity (Wildman–Crippen MR) is 248 cm³/mol. The van der Waals surface area contributed by atoms with E-state index in [0.29, 0.717) is 0 Å². The smallest absolute Gasteiger partial charge is 0.0540 e. The van der Waals surface area contributed by atoms with Gasteiger partial charge in [-0.2, -0.15) is 0 Å². The molecule has 0 saturated heterocycles. The summed E-state index contributed by atoms with van der Waals surface area (Å²) in [5.74, 6) is 0. The number of rotatable bonds is 4. The summed E-state index contributed by atoms with van der Waals surface area (Å²) in [4.78, 5) is 5.05. The Hall–Kier alpha value is -6.64. The normalized spacial score (nSPS) is 16.4. The highest BCUT2D eigenvalue weighted by Gasteiger charge is 2.47. The van der Waals surface area contributed by atoms with E-state index in [1.165, 1.54) is 107 Å². The van der Waals surface area contributed by atoms with Crippen LogP contribution in [0.4, 0.5) is 28.4 Å². The fourth-order valence-electron chi connectivity index (χ4n) is 11.3. The van der Waals surface area contributed by atoms with Crippen molar-refractivity contribution >= 4 is 51.4 Å². The lowest BCUT2D eigenvalue weighted by Crippen LogP contribution is -2.30. The first-order chi connectivity index (χ1) is 29.0. The van der Waals surface area contributed by atoms with Crippen LogP contribution in [0.1, 0.15) is 70.3 Å². The zero-order valence-electron chi connectivity index (χ0n) is 33.8. The number of hydrogen-bond donors (Lipinski definition) is 0. The molecule has 8 aromatic rings. The maximum absolute atomic E-state index is 2.56. The van der Waals surface area contributed by atoms with Gasteiger partial charge in [-0.15, -0.1) is 0 Å². The van der Waals surface area contributed by atoms with Gasteiger partial charge in [0.1, 0.15) is 0 Å². The van der Waals surface area contributed by atoms with Crippen LogP contribution in [0.25, 0.3) is 34.1 Å². The number of benzene rings is 8. The number of nitrogens with zero attached hydrogens (tertiary/aromatic N) is 2. The zero-order valence-corrected chi connectivity index (χ0v) is 33.8. The van der Waals surface area contributed by atoms with Gasteiger partial charge in [0.15, 0.2) is 0 Å². The van der Waals surface area contributed by atoms with E-state index in [9.17, 15) is 0 Å². The number of hydrogen-bond acceptors (Lipinski definition) is 2. The molecule has 2 nitrogen and oxygen atoms in total. The molecular formula is C57H46N2. The molecular weight excluding hydrogens is 713 g/mol. The molecule has 0 atom stereocenters. The van der Waals surface area contributed by atoms with E-state index in [-0.39, 0.29) is 10.8 Å². The number of para-hydroxylation sites is 3. The monoisotopic (exact) mass is 758 g/mol. The van der Waals surface area contributed by atoms with Crippen molar-refractivity contribution in [3.05, 3.63) is 220 Å². The van der Waals surface area contributed by atoms with Crippen LogP contribution >= 0.6 is 0 Å². The van der Waals surface area contributed by atoms with E-state index in [1.54, 1.807) is 0 Å². The number of fused-ring (bicyclic) bond motifs is 10. The molecule has 0 aromatic heterocycles. The van der Waals surface area contributed by atoms with Crippen LogP contribution < -0.4 is 9.80 Å². The third-order valence-corrected chi connectivity index (χ3v) is 14.2. The molecule has 0 amide bonds. The van der Waals surface area contributed by atoms with Crippen molar-refractivity contribution in [1.82, 2.24) is 0 Å². The summed E-state index contributed by atoms with van der Waals surface area (Å²) in [7, 11) is 0. The summed E-state index contributed by atoms with van der Waals surface area (Å²) in [5, 5.41) is 2.50. The van der Waals surface area contributed by atoms with Gasteiger partial charge in [0.2, 0.25) is 0 Å². The van der Waals surface area contributed by atoms with Gasteiger partial charge in [-0.3, -0.25) is 0 Å². The molecule has 12 rings (SSSR count). The average molecular weight is 759 g/mol. The minimum absolute atomic E-state index is 0.0898. The lowest BCUT2D eigenvalue weighted by atomic mass is 9.73. The van der Waals surface area contributed by atoms with E-state index >= 15 is 0 Å². The standard InChI is InChI=1S/C57H46N2/c1-56(2)48-20-8-11-23-54(48)59(55-24-12-9-21-49(55)56)53-32-28-39(44-18-6-7-19-47(44)53)27-25-38-26-30-45-46-31-29-43(58-33-13-17-40-14-5-10-22-52(40)58)35-51(46)57(50(45)34-38)36-41-15-3-4-16-42(41)37-57/h3-12,14-16,18-32,34-35H,13,17,33,36-37H2,1-2H3/b27-25+. The second kappa shape index (κ2) is 12.9. The molecule has 8 aromatic carbocycles. The minimum atomic E-state index is -0.0961. The first-order valence-electron chi connectivity index (χ1n) is 21.4. The molecule has 0 radical (unpaired) electrons. The summed E-state index contributed by atoms with van der Waals surface area (Å²) in [5.41, 5.74) is 21.5. The van der Waals surface area contributed by atoms with Gasteiger partial charge in [-0.1, -0.05) is 159 Å². The molecule has 4 aliphatic rings. The lowest BCUT2D eigenvalue weighted by Gasteiger charge is -2.42. The third-order valence-electron chi connectivity index (χ3n) is 14.2. The Morgan fingerprint density at radius 2 is 1.07 bits per heavy atom. The highest BCUT2D eigenvalue weighted by atomic mass is 15.2. The van der Waals surface area contributed by atoms with Crippen molar-refractivity contribution < 1.29 is 0 Å². The van der Waals surface area contributed by atoms with Crippen molar-refractivity contribution in [2.75, 3.05) is 16.3 Å². The van der Waals surface area contributed by atoms with Crippen LogP contribution in [0.3, 0.4) is 0 Å². The summed E-state index contributed by atoms with van der Waals surface area (Å²) in [6.45, 7) is 5.76. The number of aryl methyl sites for hydroxylation is 1. The van der Waals surface area contributed by atoms with E-state index in [1.807, 2.05) is 0 Å². The van der Waals surface area contributed by atoms with Crippen LogP contribution in [0.15, 0.2) is 170 Å². The Kier molecular flexibility index (Phi) is 7.54. The molecule has 0 N–H and O–H groups in total. The van der Waals surface area contributed by atoms with Crippen LogP contribution in [-0.2, 0) is 30.1 Å². The van der Waals surface area contributed by atoms with Gasteiger partial charge >= 0.3 is 0 Å². The van der Waals surface area contributed by atoms with Gasteiger partial charge < -0.3 is 9.80 Å². The predicted octanol–water partition coefficient (Wildman–Crippen LogP) is 14.3.